The average Bonchev–Trinajstić information content (AvgIpc) is 2.56. The van der Waals surface area contributed by atoms with Gasteiger partial charge in [-0.05, 0) is 36.4 Å². The van der Waals surface area contributed by atoms with Crippen molar-refractivity contribution in [1.29, 1.82) is 0 Å². The zero-order chi connectivity index (χ0) is 17.4. The van der Waals surface area contributed by atoms with Crippen LogP contribution in [0.2, 0.25) is 0 Å². The molecule has 24 heavy (non-hydrogen) atoms. The first-order chi connectivity index (χ1) is 11.6. The second-order valence-electron chi connectivity index (χ2n) is 5.06. The normalized spacial score (nSPS) is 10.1. The fourth-order valence-electron chi connectivity index (χ4n) is 2.00. The number of anilines is 3. The molecule has 0 bridgehead atoms. The summed E-state index contributed by atoms with van der Waals surface area (Å²) in [4.78, 5) is 27.0. The first-order valence-electron chi connectivity index (χ1n) is 7.46. The number of carbonyl (C=O) groups excluding carboxylic acids is 2. The first kappa shape index (κ1) is 17.4. The molecular weight excluding hydrogens is 308 g/mol. The van der Waals surface area contributed by atoms with E-state index in [1.165, 1.54) is 6.92 Å². The molecule has 2 amide bonds. The van der Waals surface area contributed by atoms with Crippen LogP contribution in [0, 0.1) is 0 Å². The number of ether oxygens (including phenoxy) is 1. The predicted molar refractivity (Wildman–Crippen MR) is 92.5 cm³/mol. The molecule has 0 saturated heterocycles. The maximum Gasteiger partial charge on any atom is 0.270 e. The minimum Gasteiger partial charge on any atom is -0.383 e. The average molecular weight is 328 g/mol. The van der Waals surface area contributed by atoms with Crippen molar-refractivity contribution in [3.63, 3.8) is 0 Å². The predicted octanol–water partition coefficient (Wildman–Crippen LogP) is 2.16. The van der Waals surface area contributed by atoms with Gasteiger partial charge in [0.05, 0.1) is 6.61 Å². The largest absolute Gasteiger partial charge is 0.383 e. The van der Waals surface area contributed by atoms with Crippen LogP contribution in [0.3, 0.4) is 0 Å². The highest BCUT2D eigenvalue weighted by molar-refractivity contribution is 5.93. The molecule has 1 aromatic carbocycles. The Kier molecular flexibility index (Phi) is 6.27. The van der Waals surface area contributed by atoms with E-state index in [4.69, 9.17) is 4.74 Å². The Hall–Kier alpha value is -2.93. The summed E-state index contributed by atoms with van der Waals surface area (Å²) in [6.07, 6.45) is 1.57. The molecular formula is C17H20N4O3. The summed E-state index contributed by atoms with van der Waals surface area (Å²) in [6, 6.07) is 10.7. The van der Waals surface area contributed by atoms with Gasteiger partial charge in [-0.25, -0.2) is 0 Å². The van der Waals surface area contributed by atoms with E-state index >= 15 is 0 Å². The molecule has 7 nitrogen and oxygen atoms in total. The van der Waals surface area contributed by atoms with Crippen molar-refractivity contribution >= 4 is 28.9 Å². The number of rotatable bonds is 7. The van der Waals surface area contributed by atoms with Crippen LogP contribution in [0.25, 0.3) is 0 Å². The van der Waals surface area contributed by atoms with Gasteiger partial charge < -0.3 is 20.7 Å². The molecule has 0 aliphatic carbocycles. The molecule has 0 unspecified atom stereocenters. The van der Waals surface area contributed by atoms with Crippen molar-refractivity contribution < 1.29 is 14.3 Å². The molecule has 2 rings (SSSR count). The Labute approximate surface area is 140 Å². The van der Waals surface area contributed by atoms with E-state index in [9.17, 15) is 9.59 Å². The summed E-state index contributed by atoms with van der Waals surface area (Å²) < 4.78 is 4.89. The van der Waals surface area contributed by atoms with Gasteiger partial charge in [-0.3, -0.25) is 14.6 Å². The number of nitrogens with one attached hydrogen (secondary N) is 3. The van der Waals surface area contributed by atoms with E-state index in [0.29, 0.717) is 18.8 Å². The quantitative estimate of drug-likeness (QED) is 0.677. The maximum absolute atomic E-state index is 12.0. The topological polar surface area (TPSA) is 92.4 Å². The molecule has 126 valence electrons. The number of methoxy groups -OCH3 is 1. The number of pyridine rings is 1. The Morgan fingerprint density at radius 3 is 2.46 bits per heavy atom. The van der Waals surface area contributed by atoms with E-state index < -0.39 is 0 Å². The van der Waals surface area contributed by atoms with Crippen LogP contribution in [0.15, 0.2) is 42.6 Å². The van der Waals surface area contributed by atoms with Crippen LogP contribution in [0.5, 0.6) is 0 Å². The van der Waals surface area contributed by atoms with Gasteiger partial charge in [0.15, 0.2) is 0 Å². The second-order valence-corrected chi connectivity index (χ2v) is 5.06. The maximum atomic E-state index is 12.0. The lowest BCUT2D eigenvalue weighted by Gasteiger charge is -2.09. The van der Waals surface area contributed by atoms with E-state index in [0.717, 1.165) is 17.1 Å². The van der Waals surface area contributed by atoms with Crippen LogP contribution in [-0.4, -0.2) is 37.1 Å². The van der Waals surface area contributed by atoms with Crippen molar-refractivity contribution in [1.82, 2.24) is 10.3 Å². The summed E-state index contributed by atoms with van der Waals surface area (Å²) in [5, 5.41) is 8.62. The third-order valence-electron chi connectivity index (χ3n) is 3.08. The summed E-state index contributed by atoms with van der Waals surface area (Å²) >= 11 is 0. The number of nitrogens with zero attached hydrogens (tertiary/aromatic N) is 1. The number of hydrogen-bond acceptors (Lipinski definition) is 5. The Morgan fingerprint density at radius 1 is 1.08 bits per heavy atom. The lowest BCUT2D eigenvalue weighted by Crippen LogP contribution is -2.27. The van der Waals surface area contributed by atoms with Gasteiger partial charge in [-0.15, -0.1) is 0 Å². The standard InChI is InChI=1S/C17H20N4O3/c1-12(22)20-13-3-5-14(6-4-13)21-15-7-8-18-16(11-15)17(23)19-9-10-24-2/h3-8,11H,9-10H2,1-2H3,(H,18,21)(H,19,23)(H,20,22). The van der Waals surface area contributed by atoms with Crippen LogP contribution >= 0.6 is 0 Å². The lowest BCUT2D eigenvalue weighted by molar-refractivity contribution is -0.114. The fourth-order valence-corrected chi connectivity index (χ4v) is 2.00. The minimum absolute atomic E-state index is 0.117. The lowest BCUT2D eigenvalue weighted by atomic mass is 10.2. The van der Waals surface area contributed by atoms with Crippen LogP contribution in [0.1, 0.15) is 17.4 Å². The molecule has 1 heterocycles. The van der Waals surface area contributed by atoms with Gasteiger partial charge in [0.2, 0.25) is 5.91 Å². The minimum atomic E-state index is -0.253. The molecule has 0 radical (unpaired) electrons. The van der Waals surface area contributed by atoms with Gasteiger partial charge in [0.1, 0.15) is 5.69 Å². The molecule has 7 heteroatoms. The third kappa shape index (κ3) is 5.36. The molecule has 0 saturated carbocycles. The summed E-state index contributed by atoms with van der Waals surface area (Å²) in [6.45, 7) is 2.34. The van der Waals surface area contributed by atoms with E-state index in [2.05, 4.69) is 20.9 Å². The van der Waals surface area contributed by atoms with Crippen molar-refractivity contribution in [2.75, 3.05) is 30.9 Å². The van der Waals surface area contributed by atoms with Gasteiger partial charge in [0, 0.05) is 43.8 Å². The van der Waals surface area contributed by atoms with E-state index in [1.54, 1.807) is 37.6 Å². The number of amides is 2. The summed E-state index contributed by atoms with van der Waals surface area (Å²) in [5.74, 6) is -0.370. The highest BCUT2D eigenvalue weighted by Gasteiger charge is 2.07. The van der Waals surface area contributed by atoms with Crippen molar-refractivity contribution in [2.24, 2.45) is 0 Å². The third-order valence-corrected chi connectivity index (χ3v) is 3.08. The molecule has 0 atom stereocenters. The molecule has 3 N–H and O–H groups in total. The highest BCUT2D eigenvalue weighted by atomic mass is 16.5. The summed E-state index contributed by atoms with van der Waals surface area (Å²) in [5.41, 5.74) is 2.63. The Morgan fingerprint density at radius 2 is 1.79 bits per heavy atom. The van der Waals surface area contributed by atoms with Crippen LogP contribution in [0.4, 0.5) is 17.1 Å². The molecule has 1 aromatic heterocycles. The fraction of sp³-hybridized carbons (Fsp3) is 0.235. The number of aromatic nitrogens is 1. The molecule has 0 fully saturated rings. The number of hydrogen-bond donors (Lipinski definition) is 3. The second kappa shape index (κ2) is 8.64. The summed E-state index contributed by atoms with van der Waals surface area (Å²) in [7, 11) is 1.58. The van der Waals surface area contributed by atoms with Gasteiger partial charge in [-0.2, -0.15) is 0 Å². The smallest absolute Gasteiger partial charge is 0.270 e. The van der Waals surface area contributed by atoms with Crippen LogP contribution < -0.4 is 16.0 Å². The molecule has 0 aliphatic heterocycles. The molecule has 0 aliphatic rings. The van der Waals surface area contributed by atoms with Gasteiger partial charge >= 0.3 is 0 Å². The van der Waals surface area contributed by atoms with E-state index in [-0.39, 0.29) is 11.8 Å². The zero-order valence-electron chi connectivity index (χ0n) is 13.6. The van der Waals surface area contributed by atoms with Crippen molar-refractivity contribution in [3.8, 4) is 0 Å². The SMILES string of the molecule is COCCNC(=O)c1cc(Nc2ccc(NC(C)=O)cc2)ccn1. The van der Waals surface area contributed by atoms with Crippen LogP contribution in [-0.2, 0) is 9.53 Å². The zero-order valence-corrected chi connectivity index (χ0v) is 13.6. The monoisotopic (exact) mass is 328 g/mol. The van der Waals surface area contributed by atoms with Crippen molar-refractivity contribution in [2.45, 2.75) is 6.92 Å². The Balaban J connectivity index is 2.01. The highest BCUT2D eigenvalue weighted by Crippen LogP contribution is 2.19. The number of carbonyl (C=O) groups is 2. The van der Waals surface area contributed by atoms with E-state index in [1.807, 2.05) is 12.1 Å². The van der Waals surface area contributed by atoms with Gasteiger partial charge in [-0.1, -0.05) is 0 Å². The Bertz CT molecular complexity index is 701. The number of benzene rings is 1. The molecule has 2 aromatic rings. The van der Waals surface area contributed by atoms with Gasteiger partial charge in [0.25, 0.3) is 5.91 Å². The first-order valence-corrected chi connectivity index (χ1v) is 7.46. The van der Waals surface area contributed by atoms with Crippen molar-refractivity contribution in [3.05, 3.63) is 48.3 Å². The molecule has 0 spiro atoms.